The Morgan fingerprint density at radius 3 is 2.52 bits per heavy atom. The van der Waals surface area contributed by atoms with E-state index in [9.17, 15) is 4.39 Å². The predicted octanol–water partition coefficient (Wildman–Crippen LogP) is 3.95. The van der Waals surface area contributed by atoms with Gasteiger partial charge in [-0.05, 0) is 38.1 Å². The van der Waals surface area contributed by atoms with Crippen molar-refractivity contribution in [1.82, 2.24) is 0 Å². The molecule has 4 nitrogen and oxygen atoms in total. The zero-order valence-electron chi connectivity index (χ0n) is 12.3. The quantitative estimate of drug-likeness (QED) is 0.819. The second-order valence-corrected chi connectivity index (χ2v) is 4.86. The molecule has 0 saturated heterocycles. The molecule has 0 unspecified atom stereocenters. The number of ether oxygens (including phenoxy) is 2. The van der Waals surface area contributed by atoms with E-state index in [0.29, 0.717) is 22.8 Å². The van der Waals surface area contributed by atoms with E-state index in [1.165, 1.54) is 13.2 Å². The number of anilines is 3. The molecule has 0 bridgehead atoms. The van der Waals surface area contributed by atoms with Crippen LogP contribution < -0.4 is 20.5 Å². The maximum absolute atomic E-state index is 13.7. The molecule has 2 aromatic carbocycles. The van der Waals surface area contributed by atoms with Crippen LogP contribution in [-0.2, 0) is 0 Å². The van der Waals surface area contributed by atoms with Gasteiger partial charge in [0, 0.05) is 11.8 Å². The number of hydrogen-bond donors (Lipinski definition) is 2. The van der Waals surface area contributed by atoms with Crippen molar-refractivity contribution in [3.63, 3.8) is 0 Å². The molecule has 0 amide bonds. The van der Waals surface area contributed by atoms with Gasteiger partial charge in [0.1, 0.15) is 5.75 Å². The lowest BCUT2D eigenvalue weighted by atomic mass is 10.2. The van der Waals surface area contributed by atoms with Gasteiger partial charge in [0.05, 0.1) is 24.6 Å². The fourth-order valence-electron chi connectivity index (χ4n) is 1.91. The zero-order chi connectivity index (χ0) is 15.4. The number of hydrogen-bond acceptors (Lipinski definition) is 4. The van der Waals surface area contributed by atoms with Gasteiger partial charge in [-0.2, -0.15) is 0 Å². The number of methoxy groups -OCH3 is 1. The van der Waals surface area contributed by atoms with Gasteiger partial charge in [-0.1, -0.05) is 6.07 Å². The highest BCUT2D eigenvalue weighted by atomic mass is 19.1. The number of para-hydroxylation sites is 1. The number of nitrogens with two attached hydrogens (primary N) is 1. The predicted molar refractivity (Wildman–Crippen MR) is 82.9 cm³/mol. The topological polar surface area (TPSA) is 56.5 Å². The molecular weight excluding hydrogens is 271 g/mol. The van der Waals surface area contributed by atoms with E-state index in [1.54, 1.807) is 18.2 Å². The maximum atomic E-state index is 13.7. The smallest absolute Gasteiger partial charge is 0.167 e. The molecule has 5 heteroatoms. The molecule has 0 aliphatic rings. The number of nitrogen functional groups attached to an aromatic ring is 1. The van der Waals surface area contributed by atoms with Crippen LogP contribution in [0.15, 0.2) is 36.4 Å². The second kappa shape index (κ2) is 6.35. The van der Waals surface area contributed by atoms with Crippen LogP contribution in [0.2, 0.25) is 0 Å². The van der Waals surface area contributed by atoms with Crippen molar-refractivity contribution in [3.8, 4) is 11.5 Å². The Bertz CT molecular complexity index is 630. The zero-order valence-corrected chi connectivity index (χ0v) is 12.3. The van der Waals surface area contributed by atoms with Crippen molar-refractivity contribution in [2.24, 2.45) is 0 Å². The van der Waals surface area contributed by atoms with E-state index in [-0.39, 0.29) is 11.9 Å². The van der Waals surface area contributed by atoms with E-state index in [2.05, 4.69) is 5.32 Å². The van der Waals surface area contributed by atoms with Crippen molar-refractivity contribution in [2.45, 2.75) is 20.0 Å². The first-order valence-electron chi connectivity index (χ1n) is 6.67. The molecule has 0 spiro atoms. The lowest BCUT2D eigenvalue weighted by Gasteiger charge is -2.16. The highest BCUT2D eigenvalue weighted by molar-refractivity contribution is 5.77. The molecule has 0 aromatic heterocycles. The minimum atomic E-state index is -0.435. The van der Waals surface area contributed by atoms with Gasteiger partial charge >= 0.3 is 0 Å². The third-order valence-electron chi connectivity index (χ3n) is 2.86. The normalized spacial score (nSPS) is 10.5. The van der Waals surface area contributed by atoms with E-state index in [1.807, 2.05) is 26.0 Å². The Kier molecular flexibility index (Phi) is 4.52. The van der Waals surface area contributed by atoms with Gasteiger partial charge in [-0.25, -0.2) is 4.39 Å². The van der Waals surface area contributed by atoms with Crippen molar-refractivity contribution in [2.75, 3.05) is 18.2 Å². The first-order valence-corrected chi connectivity index (χ1v) is 6.67. The molecule has 0 aliphatic carbocycles. The Hall–Kier alpha value is -2.43. The summed E-state index contributed by atoms with van der Waals surface area (Å²) in [6, 6.07) is 10.1. The average Bonchev–Trinajstić information content (AvgIpc) is 2.43. The molecule has 2 aromatic rings. The maximum Gasteiger partial charge on any atom is 0.167 e. The molecule has 3 N–H and O–H groups in total. The van der Waals surface area contributed by atoms with Crippen LogP contribution in [0.1, 0.15) is 13.8 Å². The number of rotatable bonds is 5. The Morgan fingerprint density at radius 2 is 1.90 bits per heavy atom. The van der Waals surface area contributed by atoms with Gasteiger partial charge in [-0.3, -0.25) is 0 Å². The van der Waals surface area contributed by atoms with Crippen LogP contribution >= 0.6 is 0 Å². The third kappa shape index (κ3) is 3.56. The van der Waals surface area contributed by atoms with Gasteiger partial charge in [0.2, 0.25) is 0 Å². The molecule has 0 saturated carbocycles. The first kappa shape index (κ1) is 15.0. The van der Waals surface area contributed by atoms with Gasteiger partial charge in [0.25, 0.3) is 0 Å². The Labute approximate surface area is 123 Å². The van der Waals surface area contributed by atoms with Crippen LogP contribution in [0.4, 0.5) is 21.5 Å². The lowest BCUT2D eigenvalue weighted by Crippen LogP contribution is -2.08. The third-order valence-corrected chi connectivity index (χ3v) is 2.86. The summed E-state index contributed by atoms with van der Waals surface area (Å²) in [6.07, 6.45) is 0.0287. The Balaban J connectivity index is 2.25. The van der Waals surface area contributed by atoms with E-state index in [0.717, 1.165) is 0 Å². The van der Waals surface area contributed by atoms with Crippen molar-refractivity contribution in [1.29, 1.82) is 0 Å². The molecule has 2 rings (SSSR count). The highest BCUT2D eigenvalue weighted by Gasteiger charge is 2.09. The van der Waals surface area contributed by atoms with Crippen molar-refractivity contribution in [3.05, 3.63) is 42.2 Å². The fraction of sp³-hybridized carbons (Fsp3) is 0.250. The number of benzene rings is 2. The number of nitrogens with one attached hydrogen (secondary N) is 1. The van der Waals surface area contributed by atoms with Crippen LogP contribution in [-0.4, -0.2) is 13.2 Å². The Morgan fingerprint density at radius 1 is 1.14 bits per heavy atom. The summed E-state index contributed by atoms with van der Waals surface area (Å²) in [7, 11) is 1.43. The van der Waals surface area contributed by atoms with Crippen LogP contribution in [0.3, 0.4) is 0 Å². The minimum Gasteiger partial charge on any atom is -0.494 e. The fourth-order valence-corrected chi connectivity index (χ4v) is 1.91. The lowest BCUT2D eigenvalue weighted by molar-refractivity contribution is 0.244. The summed E-state index contributed by atoms with van der Waals surface area (Å²) in [5.41, 5.74) is 7.81. The molecule has 0 aliphatic heterocycles. The molecular formula is C16H19FN2O2. The molecule has 0 radical (unpaired) electrons. The SMILES string of the molecule is COc1ccc(Nc2cccc(OC(C)C)c2N)cc1F. The van der Waals surface area contributed by atoms with E-state index < -0.39 is 5.82 Å². The van der Waals surface area contributed by atoms with Gasteiger partial charge in [0.15, 0.2) is 11.6 Å². The van der Waals surface area contributed by atoms with Crippen molar-refractivity contribution < 1.29 is 13.9 Å². The van der Waals surface area contributed by atoms with Crippen LogP contribution in [0.25, 0.3) is 0 Å². The van der Waals surface area contributed by atoms with E-state index in [4.69, 9.17) is 15.2 Å². The number of halogens is 1. The summed E-state index contributed by atoms with van der Waals surface area (Å²) in [5.74, 6) is 0.366. The largest absolute Gasteiger partial charge is 0.494 e. The van der Waals surface area contributed by atoms with Crippen molar-refractivity contribution >= 4 is 17.1 Å². The summed E-state index contributed by atoms with van der Waals surface area (Å²) in [4.78, 5) is 0. The summed E-state index contributed by atoms with van der Waals surface area (Å²) in [5, 5.41) is 3.08. The van der Waals surface area contributed by atoms with E-state index >= 15 is 0 Å². The van der Waals surface area contributed by atoms with Crippen LogP contribution in [0.5, 0.6) is 11.5 Å². The summed E-state index contributed by atoms with van der Waals surface area (Å²) in [6.45, 7) is 3.86. The first-order chi connectivity index (χ1) is 10.0. The molecule has 0 heterocycles. The molecule has 0 fully saturated rings. The monoisotopic (exact) mass is 290 g/mol. The second-order valence-electron chi connectivity index (χ2n) is 4.86. The molecule has 0 atom stereocenters. The summed E-state index contributed by atoms with van der Waals surface area (Å²) < 4.78 is 24.2. The van der Waals surface area contributed by atoms with Gasteiger partial charge in [-0.15, -0.1) is 0 Å². The summed E-state index contributed by atoms with van der Waals surface area (Å²) >= 11 is 0. The van der Waals surface area contributed by atoms with Gasteiger partial charge < -0.3 is 20.5 Å². The molecule has 112 valence electrons. The molecule has 21 heavy (non-hydrogen) atoms. The minimum absolute atomic E-state index is 0.0287. The van der Waals surface area contributed by atoms with Crippen LogP contribution in [0, 0.1) is 5.82 Å². The highest BCUT2D eigenvalue weighted by Crippen LogP contribution is 2.33. The standard InChI is InChI=1S/C16H19FN2O2/c1-10(2)21-15-6-4-5-13(16(15)18)19-11-7-8-14(20-3)12(17)9-11/h4-10,19H,18H2,1-3H3. The average molecular weight is 290 g/mol.